The van der Waals surface area contributed by atoms with E-state index in [2.05, 4.69) is 0 Å². The summed E-state index contributed by atoms with van der Waals surface area (Å²) in [5, 5.41) is 0. The second kappa shape index (κ2) is 10.9. The topological polar surface area (TPSA) is 114 Å². The molecule has 0 aromatic heterocycles. The molecule has 9 nitrogen and oxygen atoms in total. The summed E-state index contributed by atoms with van der Waals surface area (Å²) in [4.78, 5) is 46.1. The van der Waals surface area contributed by atoms with Gasteiger partial charge >= 0.3 is 23.9 Å². The van der Waals surface area contributed by atoms with Crippen LogP contribution in [0, 0.1) is 5.92 Å². The van der Waals surface area contributed by atoms with Crippen molar-refractivity contribution in [3.63, 3.8) is 0 Å². The Bertz CT molecular complexity index is 545. The molecular formula is C18H28O9. The predicted octanol–water partition coefficient (Wildman–Crippen LogP) is 1.16. The van der Waals surface area contributed by atoms with Crippen LogP contribution in [0.15, 0.2) is 0 Å². The molecule has 9 heteroatoms. The highest BCUT2D eigenvalue weighted by atomic mass is 16.6. The number of carbonyl (C=O) groups excluding carboxylic acids is 4. The molecule has 0 N–H and O–H groups in total. The Kier molecular flexibility index (Phi) is 9.20. The zero-order valence-corrected chi connectivity index (χ0v) is 16.4. The molecule has 1 saturated heterocycles. The van der Waals surface area contributed by atoms with E-state index in [0.717, 1.165) is 0 Å². The fraction of sp³-hybridized carbons (Fsp3) is 0.778. The predicted molar refractivity (Wildman–Crippen MR) is 91.4 cm³/mol. The fourth-order valence-corrected chi connectivity index (χ4v) is 3.00. The summed E-state index contributed by atoms with van der Waals surface area (Å²) < 4.78 is 26.4. The second-order valence-electron chi connectivity index (χ2n) is 6.52. The highest BCUT2D eigenvalue weighted by molar-refractivity contribution is 5.69. The van der Waals surface area contributed by atoms with Crippen LogP contribution in [0.5, 0.6) is 0 Å². The van der Waals surface area contributed by atoms with E-state index in [1.54, 1.807) is 6.92 Å². The van der Waals surface area contributed by atoms with Gasteiger partial charge in [-0.25, -0.2) is 0 Å². The number of esters is 4. The molecule has 1 aliphatic rings. The van der Waals surface area contributed by atoms with Crippen LogP contribution in [-0.4, -0.2) is 61.5 Å². The minimum absolute atomic E-state index is 0.0217. The van der Waals surface area contributed by atoms with Gasteiger partial charge in [0.1, 0.15) is 0 Å². The standard InChI is InChI=1S/C18H28O9/c1-6-23-16(22)8-10(2)7-14-17(26-12(4)20)18(27-13(5)21)15(9-24-14)25-11(3)19/h10,14-15,17-18H,6-9H2,1-5H3/t10?,14-,15+,17-,18-/m0/s1. The molecule has 1 heterocycles. The molecule has 5 atom stereocenters. The normalized spacial score (nSPS) is 25.8. The molecule has 0 bridgehead atoms. The van der Waals surface area contributed by atoms with E-state index in [1.165, 1.54) is 20.8 Å². The maximum Gasteiger partial charge on any atom is 0.306 e. The van der Waals surface area contributed by atoms with Crippen LogP contribution in [0.3, 0.4) is 0 Å². The Balaban J connectivity index is 2.94. The first-order valence-corrected chi connectivity index (χ1v) is 8.92. The lowest BCUT2D eigenvalue weighted by molar-refractivity contribution is -0.227. The molecule has 1 rings (SSSR count). The van der Waals surface area contributed by atoms with Crippen molar-refractivity contribution in [1.29, 1.82) is 0 Å². The maximum atomic E-state index is 11.7. The van der Waals surface area contributed by atoms with Crippen molar-refractivity contribution in [3.8, 4) is 0 Å². The Morgan fingerprint density at radius 3 is 2.04 bits per heavy atom. The van der Waals surface area contributed by atoms with E-state index in [0.29, 0.717) is 13.0 Å². The first kappa shape index (κ1) is 22.9. The van der Waals surface area contributed by atoms with Crippen LogP contribution in [0.4, 0.5) is 0 Å². The van der Waals surface area contributed by atoms with Crippen molar-refractivity contribution in [2.45, 2.75) is 71.9 Å². The quantitative estimate of drug-likeness (QED) is 0.446. The molecule has 0 radical (unpaired) electrons. The summed E-state index contributed by atoms with van der Waals surface area (Å²) in [6.07, 6.45) is -2.95. The number of hydrogen-bond donors (Lipinski definition) is 0. The molecule has 0 aromatic rings. The van der Waals surface area contributed by atoms with Gasteiger partial charge in [-0.05, 0) is 19.3 Å². The zero-order chi connectivity index (χ0) is 20.6. The molecule has 1 unspecified atom stereocenters. The molecule has 0 aliphatic carbocycles. The third kappa shape index (κ3) is 7.94. The Hall–Kier alpha value is -2.16. The van der Waals surface area contributed by atoms with Gasteiger partial charge in [-0.3, -0.25) is 19.2 Å². The van der Waals surface area contributed by atoms with Crippen molar-refractivity contribution in [2.75, 3.05) is 13.2 Å². The highest BCUT2D eigenvalue weighted by Crippen LogP contribution is 2.29. The number of rotatable bonds is 8. The summed E-state index contributed by atoms with van der Waals surface area (Å²) >= 11 is 0. The van der Waals surface area contributed by atoms with Crippen LogP contribution in [0.2, 0.25) is 0 Å². The maximum absolute atomic E-state index is 11.7. The monoisotopic (exact) mass is 388 g/mol. The van der Waals surface area contributed by atoms with Crippen LogP contribution in [0.25, 0.3) is 0 Å². The largest absolute Gasteiger partial charge is 0.466 e. The molecule has 0 aromatic carbocycles. The Labute approximate surface area is 158 Å². The summed E-state index contributed by atoms with van der Waals surface area (Å²) in [6, 6.07) is 0. The van der Waals surface area contributed by atoms with E-state index in [9.17, 15) is 19.2 Å². The van der Waals surface area contributed by atoms with Gasteiger partial charge in [-0.1, -0.05) is 6.92 Å². The van der Waals surface area contributed by atoms with E-state index < -0.39 is 42.3 Å². The third-order valence-corrected chi connectivity index (χ3v) is 3.91. The minimum atomic E-state index is -0.996. The van der Waals surface area contributed by atoms with Gasteiger partial charge in [0.15, 0.2) is 18.3 Å². The first-order valence-electron chi connectivity index (χ1n) is 8.92. The number of ether oxygens (including phenoxy) is 5. The Morgan fingerprint density at radius 1 is 0.963 bits per heavy atom. The van der Waals surface area contributed by atoms with Crippen molar-refractivity contribution in [2.24, 2.45) is 5.92 Å². The molecular weight excluding hydrogens is 360 g/mol. The molecule has 0 saturated carbocycles. The van der Waals surface area contributed by atoms with Gasteiger partial charge in [0.25, 0.3) is 0 Å². The Morgan fingerprint density at radius 2 is 1.52 bits per heavy atom. The summed E-state index contributed by atoms with van der Waals surface area (Å²) in [6.45, 7) is 7.49. The van der Waals surface area contributed by atoms with Crippen molar-refractivity contribution < 1.29 is 42.9 Å². The zero-order valence-electron chi connectivity index (χ0n) is 16.4. The van der Waals surface area contributed by atoms with Gasteiger partial charge in [-0.2, -0.15) is 0 Å². The van der Waals surface area contributed by atoms with Crippen LogP contribution < -0.4 is 0 Å². The fourth-order valence-electron chi connectivity index (χ4n) is 3.00. The summed E-state index contributed by atoms with van der Waals surface area (Å²) in [7, 11) is 0. The van der Waals surface area contributed by atoms with Crippen LogP contribution in [-0.2, 0) is 42.9 Å². The molecule has 1 aliphatic heterocycles. The minimum Gasteiger partial charge on any atom is -0.466 e. The highest BCUT2D eigenvalue weighted by Gasteiger charge is 2.47. The molecule has 27 heavy (non-hydrogen) atoms. The molecule has 154 valence electrons. The van der Waals surface area contributed by atoms with E-state index >= 15 is 0 Å². The first-order chi connectivity index (χ1) is 12.6. The van der Waals surface area contributed by atoms with E-state index in [4.69, 9.17) is 23.7 Å². The number of hydrogen-bond acceptors (Lipinski definition) is 9. The SMILES string of the molecule is CCOC(=O)CC(C)C[C@@H]1OC[C@@H](OC(C)=O)[C@H](OC(C)=O)[C@H]1OC(C)=O. The van der Waals surface area contributed by atoms with Crippen molar-refractivity contribution in [3.05, 3.63) is 0 Å². The van der Waals surface area contributed by atoms with Crippen molar-refractivity contribution in [1.82, 2.24) is 0 Å². The van der Waals surface area contributed by atoms with Crippen LogP contribution >= 0.6 is 0 Å². The van der Waals surface area contributed by atoms with Gasteiger partial charge in [-0.15, -0.1) is 0 Å². The lowest BCUT2D eigenvalue weighted by Gasteiger charge is -2.41. The van der Waals surface area contributed by atoms with Crippen molar-refractivity contribution >= 4 is 23.9 Å². The lowest BCUT2D eigenvalue weighted by Crippen LogP contribution is -2.57. The van der Waals surface area contributed by atoms with E-state index in [1.807, 2.05) is 6.92 Å². The lowest BCUT2D eigenvalue weighted by atomic mass is 9.91. The van der Waals surface area contributed by atoms with Gasteiger partial charge in [0.2, 0.25) is 0 Å². The second-order valence-corrected chi connectivity index (χ2v) is 6.52. The number of carbonyl (C=O) groups is 4. The van der Waals surface area contributed by atoms with Gasteiger partial charge in [0.05, 0.1) is 19.3 Å². The van der Waals surface area contributed by atoms with Gasteiger partial charge in [0, 0.05) is 27.2 Å². The third-order valence-electron chi connectivity index (χ3n) is 3.91. The van der Waals surface area contributed by atoms with E-state index in [-0.39, 0.29) is 24.9 Å². The van der Waals surface area contributed by atoms with Crippen LogP contribution in [0.1, 0.15) is 47.5 Å². The molecule has 0 spiro atoms. The summed E-state index contributed by atoms with van der Waals surface area (Å²) in [5.74, 6) is -2.23. The molecule has 1 fully saturated rings. The smallest absolute Gasteiger partial charge is 0.306 e. The van der Waals surface area contributed by atoms with Gasteiger partial charge < -0.3 is 23.7 Å². The summed E-state index contributed by atoms with van der Waals surface area (Å²) in [5.41, 5.74) is 0. The average molecular weight is 388 g/mol. The molecule has 0 amide bonds. The average Bonchev–Trinajstić information content (AvgIpc) is 2.51.